The summed E-state index contributed by atoms with van der Waals surface area (Å²) in [7, 11) is 0. The molecule has 0 saturated carbocycles. The number of allylic oxidation sites excluding steroid dienone is 1. The average Bonchev–Trinajstić information content (AvgIpc) is 1.85. The van der Waals surface area contributed by atoms with Crippen LogP contribution in [0.2, 0.25) is 0 Å². The molecule has 5 nitrogen and oxygen atoms in total. The molecule has 0 aromatic rings. The van der Waals surface area contributed by atoms with E-state index < -0.39 is 5.97 Å². The summed E-state index contributed by atoms with van der Waals surface area (Å²) in [5.41, 5.74) is 8.94. The van der Waals surface area contributed by atoms with Crippen molar-refractivity contribution in [1.29, 1.82) is 5.41 Å². The van der Waals surface area contributed by atoms with E-state index in [1.807, 2.05) is 6.08 Å². The molecule has 0 aromatic carbocycles. The first kappa shape index (κ1) is 16.8. The largest absolute Gasteiger partial charge is 0.481 e. The van der Waals surface area contributed by atoms with Crippen molar-refractivity contribution >= 4 is 11.9 Å². The summed E-state index contributed by atoms with van der Waals surface area (Å²) in [6.45, 7) is 6.62. The second-order valence-corrected chi connectivity index (χ2v) is 1.67. The molecule has 0 spiro atoms. The third-order valence-corrected chi connectivity index (χ3v) is 0.289. The predicted octanol–water partition coefficient (Wildman–Crippen LogP) is 0.512. The average molecular weight is 175 g/mol. The molecule has 12 heavy (non-hydrogen) atoms. The molecule has 0 radical (unpaired) electrons. The molecule has 0 saturated heterocycles. The molecular weight excluding hydrogens is 158 g/mol. The van der Waals surface area contributed by atoms with Crippen molar-refractivity contribution in [2.45, 2.75) is 20.3 Å². The van der Waals surface area contributed by atoms with E-state index in [1.165, 1.54) is 0 Å². The Hall–Kier alpha value is -1.52. The molecule has 0 aromatic heterocycles. The van der Waals surface area contributed by atoms with E-state index in [0.29, 0.717) is 0 Å². The fraction of sp³-hybridized carbons (Fsp3) is 0.429. The number of carboxylic acids is 1. The minimum Gasteiger partial charge on any atom is -0.481 e. The number of nitrogens with one attached hydrogen (secondary N) is 1. The van der Waals surface area contributed by atoms with Crippen molar-refractivity contribution in [3.63, 3.8) is 0 Å². The van der Waals surface area contributed by atoms with Crippen LogP contribution < -0.4 is 11.5 Å². The summed E-state index contributed by atoms with van der Waals surface area (Å²) in [6, 6.07) is 0. The van der Waals surface area contributed by atoms with Crippen molar-refractivity contribution in [3.8, 4) is 0 Å². The van der Waals surface area contributed by atoms with Crippen LogP contribution in [-0.4, -0.2) is 17.0 Å². The van der Waals surface area contributed by atoms with Crippen molar-refractivity contribution < 1.29 is 9.90 Å². The van der Waals surface area contributed by atoms with Gasteiger partial charge >= 0.3 is 0 Å². The SMILES string of the molecule is C=CCC.CC(=O)O.N=C(N)N. The Balaban J connectivity index is -0.000000101. The lowest BCUT2D eigenvalue weighted by molar-refractivity contribution is -0.134. The zero-order valence-corrected chi connectivity index (χ0v) is 7.50. The second kappa shape index (κ2) is 16.2. The van der Waals surface area contributed by atoms with Gasteiger partial charge in [0.05, 0.1) is 0 Å². The maximum absolute atomic E-state index is 9.00. The van der Waals surface area contributed by atoms with Gasteiger partial charge in [-0.05, 0) is 6.42 Å². The number of carbonyl (C=O) groups is 1. The summed E-state index contributed by atoms with van der Waals surface area (Å²) in [6.07, 6.45) is 2.96. The first-order chi connectivity index (χ1) is 5.38. The lowest BCUT2D eigenvalue weighted by Crippen LogP contribution is -2.20. The Morgan fingerprint density at radius 3 is 1.75 bits per heavy atom. The topological polar surface area (TPSA) is 113 Å². The smallest absolute Gasteiger partial charge is 0.300 e. The molecule has 0 atom stereocenters. The van der Waals surface area contributed by atoms with Crippen LogP contribution in [0.5, 0.6) is 0 Å². The number of nitrogens with two attached hydrogens (primary N) is 2. The Morgan fingerprint density at radius 2 is 1.75 bits per heavy atom. The Kier molecular flexibility index (Phi) is 22.8. The van der Waals surface area contributed by atoms with Crippen molar-refractivity contribution in [1.82, 2.24) is 0 Å². The molecule has 0 rings (SSSR count). The second-order valence-electron chi connectivity index (χ2n) is 1.67. The molecule has 0 aliphatic rings. The summed E-state index contributed by atoms with van der Waals surface area (Å²) >= 11 is 0. The van der Waals surface area contributed by atoms with Crippen LogP contribution >= 0.6 is 0 Å². The van der Waals surface area contributed by atoms with Crippen LogP contribution in [0.1, 0.15) is 20.3 Å². The minimum atomic E-state index is -0.833. The molecule has 0 aliphatic heterocycles. The summed E-state index contributed by atoms with van der Waals surface area (Å²) in [5, 5.41) is 13.5. The number of guanidine groups is 1. The van der Waals surface area contributed by atoms with Gasteiger partial charge in [-0.3, -0.25) is 10.2 Å². The van der Waals surface area contributed by atoms with Gasteiger partial charge in [0.1, 0.15) is 0 Å². The number of carboxylic acid groups (broad SMARTS) is 1. The monoisotopic (exact) mass is 175 g/mol. The molecule has 0 fully saturated rings. The first-order valence-corrected chi connectivity index (χ1v) is 3.28. The van der Waals surface area contributed by atoms with Crippen LogP contribution in [0.25, 0.3) is 0 Å². The highest BCUT2D eigenvalue weighted by Crippen LogP contribution is 1.66. The minimum absolute atomic E-state index is 0.333. The molecule has 5 heteroatoms. The van der Waals surface area contributed by atoms with E-state index in [1.54, 1.807) is 0 Å². The maximum Gasteiger partial charge on any atom is 0.300 e. The van der Waals surface area contributed by atoms with E-state index in [0.717, 1.165) is 13.3 Å². The summed E-state index contributed by atoms with van der Waals surface area (Å²) < 4.78 is 0. The van der Waals surface area contributed by atoms with Crippen LogP contribution in [0.3, 0.4) is 0 Å². The van der Waals surface area contributed by atoms with Gasteiger partial charge in [0.15, 0.2) is 5.96 Å². The normalized spacial score (nSPS) is 6.17. The summed E-state index contributed by atoms with van der Waals surface area (Å²) in [4.78, 5) is 9.00. The molecule has 0 heterocycles. The molecule has 0 aliphatic carbocycles. The van der Waals surface area contributed by atoms with Crippen molar-refractivity contribution in [2.24, 2.45) is 11.5 Å². The van der Waals surface area contributed by atoms with Gasteiger partial charge in [-0.15, -0.1) is 6.58 Å². The molecule has 0 amide bonds. The van der Waals surface area contributed by atoms with Gasteiger partial charge in [-0.2, -0.15) is 0 Å². The van der Waals surface area contributed by atoms with Gasteiger partial charge in [0.2, 0.25) is 0 Å². The molecule has 0 bridgehead atoms. The number of aliphatic carboxylic acids is 1. The molecular formula is C7H17N3O2. The van der Waals surface area contributed by atoms with Crippen molar-refractivity contribution in [3.05, 3.63) is 12.7 Å². The molecule has 6 N–H and O–H groups in total. The molecule has 72 valence electrons. The quantitative estimate of drug-likeness (QED) is 0.264. The van der Waals surface area contributed by atoms with E-state index >= 15 is 0 Å². The van der Waals surface area contributed by atoms with Crippen LogP contribution in [-0.2, 0) is 4.79 Å². The highest BCUT2D eigenvalue weighted by atomic mass is 16.4. The Bertz CT molecular complexity index is 115. The van der Waals surface area contributed by atoms with E-state index in [-0.39, 0.29) is 5.96 Å². The van der Waals surface area contributed by atoms with Crippen LogP contribution in [0.15, 0.2) is 12.7 Å². The van der Waals surface area contributed by atoms with Gasteiger partial charge in [0.25, 0.3) is 5.97 Å². The number of hydrogen-bond acceptors (Lipinski definition) is 2. The summed E-state index contributed by atoms with van der Waals surface area (Å²) in [5.74, 6) is -1.17. The lowest BCUT2D eigenvalue weighted by Gasteiger charge is -1.69. The van der Waals surface area contributed by atoms with Gasteiger partial charge in [0, 0.05) is 6.92 Å². The highest BCUT2D eigenvalue weighted by Gasteiger charge is 1.65. The van der Waals surface area contributed by atoms with E-state index in [4.69, 9.17) is 15.3 Å². The Labute approximate surface area is 72.6 Å². The maximum atomic E-state index is 9.00. The Morgan fingerprint density at radius 1 is 1.67 bits per heavy atom. The molecule has 0 unspecified atom stereocenters. The number of hydrogen-bond donors (Lipinski definition) is 4. The fourth-order valence-electron chi connectivity index (χ4n) is 0. The fourth-order valence-corrected chi connectivity index (χ4v) is 0. The van der Waals surface area contributed by atoms with Crippen LogP contribution in [0.4, 0.5) is 0 Å². The van der Waals surface area contributed by atoms with Gasteiger partial charge < -0.3 is 16.6 Å². The lowest BCUT2D eigenvalue weighted by atomic mass is 10.5. The zero-order valence-electron chi connectivity index (χ0n) is 7.50. The third kappa shape index (κ3) is 1750. The van der Waals surface area contributed by atoms with Crippen LogP contribution in [0, 0.1) is 5.41 Å². The van der Waals surface area contributed by atoms with Gasteiger partial charge in [-0.25, -0.2) is 0 Å². The first-order valence-electron chi connectivity index (χ1n) is 3.28. The number of rotatable bonds is 1. The van der Waals surface area contributed by atoms with E-state index in [2.05, 4.69) is 25.0 Å². The highest BCUT2D eigenvalue weighted by molar-refractivity contribution is 5.71. The van der Waals surface area contributed by atoms with Gasteiger partial charge in [-0.1, -0.05) is 13.0 Å². The zero-order chi connectivity index (χ0) is 10.6. The predicted molar refractivity (Wildman–Crippen MR) is 49.9 cm³/mol. The van der Waals surface area contributed by atoms with E-state index in [9.17, 15) is 0 Å². The standard InChI is InChI=1S/C4H8.C2H4O2.CH5N3/c1-3-4-2;1-2(3)4;2-1(3)4/h3H,1,4H2,2H3;1H3,(H,3,4);(H5,2,3,4). The third-order valence-electron chi connectivity index (χ3n) is 0.289. The van der Waals surface area contributed by atoms with Crippen molar-refractivity contribution in [2.75, 3.05) is 0 Å².